The number of unbranched alkanes of at least 4 members (excludes halogenated alkanes) is 8. The number of carboxylic acids is 16. The summed E-state index contributed by atoms with van der Waals surface area (Å²) >= 11 is 6.61. The minimum atomic E-state index is -9.32. The highest BCUT2D eigenvalue weighted by Crippen LogP contribution is 2.66. The Balaban J connectivity index is 0. The molecular weight excluding hydrogens is 2110 g/mol. The molecule has 2 amide bonds. The van der Waals surface area contributed by atoms with Crippen LogP contribution in [0.4, 0.5) is 87.8 Å². The zero-order chi connectivity index (χ0) is 115. The maximum absolute atomic E-state index is 13.4. The summed E-state index contributed by atoms with van der Waals surface area (Å²) in [4.78, 5) is 194. The van der Waals surface area contributed by atoms with Crippen molar-refractivity contribution in [1.29, 1.82) is 0 Å². The van der Waals surface area contributed by atoms with Crippen molar-refractivity contribution in [1.82, 2.24) is 15.5 Å². The Morgan fingerprint density at radius 1 is 0.422 bits per heavy atom. The van der Waals surface area contributed by atoms with E-state index in [1.54, 1.807) is 125 Å². The fourth-order valence-corrected chi connectivity index (χ4v) is 13.7. The molecule has 61 heteroatoms. The van der Waals surface area contributed by atoms with E-state index in [-0.39, 0.29) is 31.0 Å². The predicted molar refractivity (Wildman–Crippen MR) is 469 cm³/mol. The molecule has 18 N–H and O–H groups in total. The van der Waals surface area contributed by atoms with Crippen LogP contribution in [0.5, 0.6) is 0 Å². The molecular formula is C86H101F20N3O35S3. The molecule has 0 radical (unpaired) electrons. The number of nitrogens with one attached hydrogen (secondary N) is 2. The standard InChI is InChI=1S/C16H29NO5.C16H14O4.C13H14N2O5.C12H2F20O4.C11H20O4.C9H12O4.C5H6O4S3.C4H4O5/c1-2-3-4-5-6-7-8-9-10-11-14(18)17-13(16(21)22)12-15(19)20;17-15(18)13(11-7-3-1-4-8-11)14(16(19)20)12-9-5-2-6-10-12;16-11(8-4-2-1-3-5-8)15-7-6-14-9(12(17)18)10(15)13(19)20;13-3(14,1(33)34)5(17,18)7(21,22)9(25,26)11(29,30)12(31,32)10(27,28)8(23,24)6(19,20)4(15,16)2(35)36;1-10(2,8(12)13)6-5-7-11(3,4)9(14)15;1-5-2-3-6(8(10)11)7(4-5)9(12)13;6-3(7)1-11-5(10)12-2-4(8)9;5-3(6)1-2(9-1)4(7)8/h13H,2-12H2,1H3,(H,17,18)(H,19,20)(H,21,22);1-10,13-14H,(H,17,18)(H,19,20);1-5,9-10,14H,6-7H2,(H,17,18)(H,19,20);(H,33,34)(H,35,36);5-7H2,1-4H3,(H,12,13)(H,14,15);2,6-7H,3-4H2,1H3,(H,10,11)(H,12,13);1-2H2,(H,6,7)(H,8,9);1-2H,(H,5,6)(H,7,8)/t13-;13-,14+;;;;6-,7+;;1-,2+/m0....0../s1. The summed E-state index contributed by atoms with van der Waals surface area (Å²) in [5.74, 6) is -117. The molecule has 0 bridgehead atoms. The average Bonchev–Trinajstić information content (AvgIpc) is 1.09. The van der Waals surface area contributed by atoms with Crippen LogP contribution in [0, 0.1) is 22.7 Å². The lowest BCUT2D eigenvalue weighted by Gasteiger charge is -2.44. The molecule has 3 aromatic carbocycles. The molecule has 2 unspecified atom stereocenters. The van der Waals surface area contributed by atoms with Crippen molar-refractivity contribution < 1.29 is 261 Å². The topological polar surface area (TPSA) is 671 Å². The molecule has 147 heavy (non-hydrogen) atoms. The molecule has 2 fully saturated rings. The van der Waals surface area contributed by atoms with Crippen LogP contribution in [-0.4, -0.2) is 312 Å². The lowest BCUT2D eigenvalue weighted by molar-refractivity contribution is -0.466. The third-order valence-electron chi connectivity index (χ3n) is 20.7. The minimum absolute atomic E-state index is 0.120. The number of thioether (sulfide) groups is 2. The first kappa shape index (κ1) is 136. The number of benzene rings is 3. The summed E-state index contributed by atoms with van der Waals surface area (Å²) in [6.45, 7) is 11.0. The van der Waals surface area contributed by atoms with E-state index >= 15 is 0 Å². The van der Waals surface area contributed by atoms with Crippen molar-refractivity contribution in [2.75, 3.05) is 24.6 Å². The van der Waals surface area contributed by atoms with Gasteiger partial charge in [0.25, 0.3) is 5.91 Å². The summed E-state index contributed by atoms with van der Waals surface area (Å²) < 4.78 is 268. The molecule has 6 rings (SSSR count). The van der Waals surface area contributed by atoms with Crippen LogP contribution in [0.1, 0.15) is 178 Å². The van der Waals surface area contributed by atoms with Gasteiger partial charge in [-0.15, -0.1) is 0 Å². The van der Waals surface area contributed by atoms with Crippen molar-refractivity contribution in [3.05, 3.63) is 119 Å². The van der Waals surface area contributed by atoms with Crippen LogP contribution >= 0.6 is 35.7 Å². The first-order valence-corrected chi connectivity index (χ1v) is 44.4. The number of carboxylic acid groups (broad SMARTS) is 16. The van der Waals surface area contributed by atoms with Gasteiger partial charge in [-0.05, 0) is 90.0 Å². The molecule has 2 saturated heterocycles. The zero-order valence-corrected chi connectivity index (χ0v) is 79.7. The van der Waals surface area contributed by atoms with Gasteiger partial charge in [-0.25, -0.2) is 28.8 Å². The molecule has 828 valence electrons. The summed E-state index contributed by atoms with van der Waals surface area (Å²) in [6, 6.07) is 21.0. The Labute approximate surface area is 831 Å². The maximum Gasteiger partial charge on any atom is 0.410 e. The van der Waals surface area contributed by atoms with E-state index in [9.17, 15) is 189 Å². The number of rotatable bonds is 47. The van der Waals surface area contributed by atoms with Crippen LogP contribution in [-0.2, 0) is 86.2 Å². The van der Waals surface area contributed by atoms with E-state index in [2.05, 4.69) is 22.3 Å². The largest absolute Gasteiger partial charge is 0.481 e. The first-order chi connectivity index (χ1) is 67.0. The van der Waals surface area contributed by atoms with Crippen molar-refractivity contribution >= 4 is 147 Å². The Kier molecular flexibility index (Phi) is 54.3. The van der Waals surface area contributed by atoms with Gasteiger partial charge in [0.15, 0.2) is 18.2 Å². The summed E-state index contributed by atoms with van der Waals surface area (Å²) in [7, 11) is 0. The van der Waals surface area contributed by atoms with Gasteiger partial charge >= 0.3 is 155 Å². The van der Waals surface area contributed by atoms with Crippen LogP contribution in [0.3, 0.4) is 0 Å². The van der Waals surface area contributed by atoms with Crippen LogP contribution in [0.25, 0.3) is 0 Å². The monoisotopic (exact) mass is 2210 g/mol. The highest BCUT2D eigenvalue weighted by molar-refractivity contribution is 8.47. The number of allylic oxidation sites excluding steroid dienone is 2. The fraction of sp³-hybridized carbons (Fsp3) is 0.547. The van der Waals surface area contributed by atoms with Gasteiger partial charge < -0.3 is 102 Å². The van der Waals surface area contributed by atoms with Crippen LogP contribution in [0.2, 0.25) is 0 Å². The Morgan fingerprint density at radius 3 is 1.05 bits per heavy atom. The highest BCUT2D eigenvalue weighted by Gasteiger charge is 2.98. The Bertz CT molecular complexity index is 4860. The second-order valence-electron chi connectivity index (χ2n) is 32.7. The minimum Gasteiger partial charge on any atom is -0.481 e. The van der Waals surface area contributed by atoms with Crippen LogP contribution < -0.4 is 10.6 Å². The number of carbonyl (C=O) groups excluding carboxylic acids is 2. The van der Waals surface area contributed by atoms with Crippen molar-refractivity contribution in [2.45, 2.75) is 246 Å². The van der Waals surface area contributed by atoms with E-state index < -0.39 is 238 Å². The van der Waals surface area contributed by atoms with Gasteiger partial charge in [-0.3, -0.25) is 57.5 Å². The second-order valence-corrected chi connectivity index (χ2v) is 35.9. The number of hydrogen-bond donors (Lipinski definition) is 18. The summed E-state index contributed by atoms with van der Waals surface area (Å²) in [5.41, 5.74) is 0.727. The summed E-state index contributed by atoms with van der Waals surface area (Å²) in [5, 5.41) is 143. The molecule has 0 spiro atoms. The fourth-order valence-electron chi connectivity index (χ4n) is 12.2. The third kappa shape index (κ3) is 39.1. The quantitative estimate of drug-likeness (QED) is 0.00821. The molecule has 2 aliphatic heterocycles. The number of aliphatic carboxylic acids is 16. The smallest absolute Gasteiger partial charge is 0.410 e. The van der Waals surface area contributed by atoms with E-state index in [1.165, 1.54) is 38.5 Å². The predicted octanol–water partition coefficient (Wildman–Crippen LogP) is 14.2. The van der Waals surface area contributed by atoms with E-state index in [4.69, 9.17) is 78.6 Å². The lowest BCUT2D eigenvalue weighted by Crippen LogP contribution is -2.77. The first-order valence-electron chi connectivity index (χ1n) is 42.0. The second kappa shape index (κ2) is 58.6. The molecule has 38 nitrogen and oxygen atoms in total. The van der Waals surface area contributed by atoms with Gasteiger partial charge in [0.2, 0.25) is 5.91 Å². The maximum atomic E-state index is 13.4. The van der Waals surface area contributed by atoms with Gasteiger partial charge in [-0.2, -0.15) is 87.8 Å². The molecule has 2 heterocycles. The van der Waals surface area contributed by atoms with Crippen molar-refractivity contribution in [3.8, 4) is 0 Å². The van der Waals surface area contributed by atoms with Gasteiger partial charge in [0.05, 0.1) is 52.4 Å². The number of carbonyl (C=O) groups is 18. The molecule has 1 aliphatic carbocycles. The number of alkyl halides is 20. The highest BCUT2D eigenvalue weighted by atomic mass is 32.2. The summed E-state index contributed by atoms with van der Waals surface area (Å²) in [6.07, 6.45) is 11.7. The van der Waals surface area contributed by atoms with E-state index in [1.807, 2.05) is 6.92 Å². The zero-order valence-electron chi connectivity index (χ0n) is 77.2. The average molecular weight is 2210 g/mol. The van der Waals surface area contributed by atoms with E-state index in [0.717, 1.165) is 46.8 Å². The van der Waals surface area contributed by atoms with Gasteiger partial charge in [-0.1, -0.05) is 191 Å². The number of ether oxygens (including phenoxy) is 1. The Morgan fingerprint density at radius 2 is 0.762 bits per heavy atom. The van der Waals surface area contributed by atoms with Crippen LogP contribution in [0.15, 0.2) is 103 Å². The molecule has 3 aliphatic rings. The van der Waals surface area contributed by atoms with E-state index in [0.29, 0.717) is 58.7 Å². The molecule has 3 aromatic rings. The Hall–Kier alpha value is -12.8. The number of amides is 2. The number of hydrogen-bond acceptors (Lipinski definition) is 23. The molecule has 0 saturated carbocycles. The van der Waals surface area contributed by atoms with Crippen molar-refractivity contribution in [2.24, 2.45) is 22.7 Å². The van der Waals surface area contributed by atoms with Gasteiger partial charge in [0, 0.05) is 25.1 Å². The molecule has 0 aromatic heterocycles. The van der Waals surface area contributed by atoms with Gasteiger partial charge in [0.1, 0.15) is 15.6 Å². The number of halogens is 20. The number of nitrogens with zero attached hydrogens (tertiary/aromatic N) is 1. The normalized spacial score (nSPS) is 17.0. The SMILES string of the molecule is CC(C)(CCCC(C)(C)C(=O)O)C(=O)O.CC1=CC[C@H](C(=O)O)[C@H](C(=O)O)C1.CCCCCCCCCCCC(=O)N[C@@H](CC(=O)O)C(=O)O.O=C(O)C(F)(F)C(F)(F)C(F)(F)C(F)(F)C(F)(F)C(F)(F)C(F)(F)C(F)(F)C(F)(F)C(F)(F)C(=O)O.O=C(O)C1NCCN(C(=O)c2ccccc2)C1C(=O)O.O=C(O)CSC(=S)SCC(=O)O.O=C(O)[C@H](c1ccccc1)[C@@H](C(=O)O)c1ccccc1.O=C(O)[C@H]1O[C@H]1C(=O)O. The third-order valence-corrected chi connectivity index (χ3v) is 23.4. The van der Waals surface area contributed by atoms with Crippen molar-refractivity contribution in [3.63, 3.8) is 0 Å². The number of epoxide rings is 1. The number of thiocarbonyl (C=S) groups is 1. The number of piperazine rings is 1. The molecule has 9 atom stereocenters. The lowest BCUT2D eigenvalue weighted by atomic mass is 9.80.